The largest absolute Gasteiger partial charge is 0.504 e. The minimum atomic E-state index is -4.74. The molecule has 0 bridgehead atoms. The minimum absolute atomic E-state index is 0.0523. The molecular formula is C29H30F3N11O5. The Kier molecular flexibility index (Phi) is 8.78. The number of nitrogens with one attached hydrogen (secondary N) is 1. The predicted octanol–water partition coefficient (Wildman–Crippen LogP) is 1.47. The van der Waals surface area contributed by atoms with E-state index in [0.717, 1.165) is 22.5 Å². The first-order valence-corrected chi connectivity index (χ1v) is 15.0. The van der Waals surface area contributed by atoms with E-state index in [4.69, 9.17) is 4.74 Å². The molecule has 252 valence electrons. The highest BCUT2D eigenvalue weighted by molar-refractivity contribution is 5.95. The number of anilines is 2. The van der Waals surface area contributed by atoms with Crippen LogP contribution in [0.4, 0.5) is 24.5 Å². The van der Waals surface area contributed by atoms with Gasteiger partial charge in [-0.25, -0.2) is 19.9 Å². The van der Waals surface area contributed by atoms with Crippen LogP contribution in [0.25, 0.3) is 11.4 Å². The lowest BCUT2D eigenvalue weighted by Gasteiger charge is -2.36. The van der Waals surface area contributed by atoms with Crippen molar-refractivity contribution in [3.05, 3.63) is 63.9 Å². The molecule has 2 amide bonds. The highest BCUT2D eigenvalue weighted by Crippen LogP contribution is 2.27. The molecule has 0 unspecified atom stereocenters. The van der Waals surface area contributed by atoms with Crippen LogP contribution in [-0.4, -0.2) is 100 Å². The molecule has 4 aromatic heterocycles. The van der Waals surface area contributed by atoms with Crippen LogP contribution >= 0.6 is 0 Å². The van der Waals surface area contributed by atoms with Gasteiger partial charge in [-0.2, -0.15) is 22.7 Å². The Hall–Kier alpha value is -5.46. The monoisotopic (exact) mass is 669 g/mol. The summed E-state index contributed by atoms with van der Waals surface area (Å²) in [5, 5.41) is 17.3. The van der Waals surface area contributed by atoms with Gasteiger partial charge in [0, 0.05) is 26.2 Å². The maximum Gasteiger partial charge on any atom is 0.451 e. The Morgan fingerprint density at radius 1 is 1.08 bits per heavy atom. The fourth-order valence-electron chi connectivity index (χ4n) is 5.58. The van der Waals surface area contributed by atoms with Gasteiger partial charge in [0.25, 0.3) is 11.5 Å². The number of aromatic hydroxyl groups is 1. The summed E-state index contributed by atoms with van der Waals surface area (Å²) in [6.45, 7) is 4.68. The number of piperazine rings is 1. The van der Waals surface area contributed by atoms with Crippen molar-refractivity contribution in [3.63, 3.8) is 0 Å². The maximum atomic E-state index is 14.1. The Morgan fingerprint density at radius 2 is 1.81 bits per heavy atom. The van der Waals surface area contributed by atoms with E-state index >= 15 is 0 Å². The summed E-state index contributed by atoms with van der Waals surface area (Å²) >= 11 is 0. The number of nitrogens with zero attached hydrogens (tertiary/aromatic N) is 10. The van der Waals surface area contributed by atoms with Crippen molar-refractivity contribution < 1.29 is 32.6 Å². The van der Waals surface area contributed by atoms with Crippen LogP contribution in [0.3, 0.4) is 0 Å². The van der Waals surface area contributed by atoms with Gasteiger partial charge in [0.1, 0.15) is 18.6 Å². The minimum Gasteiger partial charge on any atom is -0.504 e. The number of halogens is 3. The van der Waals surface area contributed by atoms with E-state index in [0.29, 0.717) is 37.6 Å². The molecule has 0 saturated carbocycles. The van der Waals surface area contributed by atoms with Crippen molar-refractivity contribution in [2.24, 2.45) is 0 Å². The Balaban J connectivity index is 1.33. The topological polar surface area (TPSA) is 186 Å². The van der Waals surface area contributed by atoms with E-state index in [1.165, 1.54) is 11.2 Å². The number of carbonyl (C=O) groups is 2. The lowest BCUT2D eigenvalue weighted by Crippen LogP contribution is -2.51. The SMILES string of the molecule is CCc1c(N2CCN(C(=O)c3ncnc(C)c3O)CC2)c(=O)n2nc(C3=CCOCC3)nc2n1CC(=O)Nc1cnc(C(F)(F)F)nc1. The van der Waals surface area contributed by atoms with Crippen molar-refractivity contribution in [2.75, 3.05) is 49.6 Å². The first-order valence-electron chi connectivity index (χ1n) is 15.0. The zero-order valence-corrected chi connectivity index (χ0v) is 25.9. The lowest BCUT2D eigenvalue weighted by molar-refractivity contribution is -0.144. The zero-order valence-electron chi connectivity index (χ0n) is 25.9. The molecule has 6 heterocycles. The predicted molar refractivity (Wildman–Crippen MR) is 162 cm³/mol. The second-order valence-corrected chi connectivity index (χ2v) is 11.0. The number of aryl methyl sites for hydroxylation is 1. The van der Waals surface area contributed by atoms with Crippen LogP contribution in [-0.2, 0) is 28.7 Å². The van der Waals surface area contributed by atoms with E-state index in [1.54, 1.807) is 11.5 Å². The number of hydrogen-bond donors (Lipinski definition) is 2. The second-order valence-electron chi connectivity index (χ2n) is 11.0. The molecule has 0 atom stereocenters. The number of ether oxygens (including phenoxy) is 1. The van der Waals surface area contributed by atoms with E-state index in [2.05, 4.69) is 35.3 Å². The van der Waals surface area contributed by atoms with E-state index < -0.39 is 29.4 Å². The van der Waals surface area contributed by atoms with Gasteiger partial charge in [-0.15, -0.1) is 5.10 Å². The molecule has 0 spiro atoms. The Morgan fingerprint density at radius 3 is 2.46 bits per heavy atom. The van der Waals surface area contributed by atoms with Gasteiger partial charge >= 0.3 is 6.18 Å². The van der Waals surface area contributed by atoms with Crippen LogP contribution in [0.15, 0.2) is 29.6 Å². The molecule has 6 rings (SSSR count). The van der Waals surface area contributed by atoms with Crippen molar-refractivity contribution in [1.82, 2.24) is 44.0 Å². The molecule has 48 heavy (non-hydrogen) atoms. The number of carbonyl (C=O) groups excluding carboxylic acids is 2. The standard InChI is InChI=1S/C29H30F3N11O5/c1-3-19-22(40-6-8-41(9-7-40)25(46)21-23(45)16(2)35-15-36-21)26(47)43-28(38-24(39-43)17-4-10-48-11-5-17)42(19)14-20(44)37-18-12-33-27(34-13-18)29(30,31)32/h4,12-13,15,45H,3,5-11,14H2,1-2H3,(H,37,44). The quantitative estimate of drug-likeness (QED) is 0.289. The van der Waals surface area contributed by atoms with E-state index in [-0.39, 0.29) is 67.0 Å². The fourth-order valence-corrected chi connectivity index (χ4v) is 5.58. The lowest BCUT2D eigenvalue weighted by atomic mass is 10.1. The average Bonchev–Trinajstić information content (AvgIpc) is 3.53. The fraction of sp³-hybridized carbons (Fsp3) is 0.414. The number of amides is 2. The van der Waals surface area contributed by atoms with Crippen molar-refractivity contribution in [2.45, 2.75) is 39.4 Å². The average molecular weight is 670 g/mol. The second kappa shape index (κ2) is 13.0. The zero-order chi connectivity index (χ0) is 34.2. The summed E-state index contributed by atoms with van der Waals surface area (Å²) < 4.78 is 46.8. The van der Waals surface area contributed by atoms with Crippen LogP contribution in [0.1, 0.15) is 46.9 Å². The molecule has 4 aromatic rings. The molecule has 1 saturated heterocycles. The van der Waals surface area contributed by atoms with Gasteiger partial charge in [0.15, 0.2) is 17.3 Å². The van der Waals surface area contributed by atoms with Gasteiger partial charge in [-0.1, -0.05) is 13.0 Å². The number of aromatic nitrogens is 8. The van der Waals surface area contributed by atoms with Crippen LogP contribution in [0.5, 0.6) is 5.75 Å². The van der Waals surface area contributed by atoms with E-state index in [1.807, 2.05) is 17.9 Å². The molecule has 2 aliphatic rings. The summed E-state index contributed by atoms with van der Waals surface area (Å²) in [6.07, 6.45) is 0.811. The molecule has 0 aromatic carbocycles. The summed E-state index contributed by atoms with van der Waals surface area (Å²) in [7, 11) is 0. The third-order valence-electron chi connectivity index (χ3n) is 7.99. The van der Waals surface area contributed by atoms with Gasteiger partial charge in [-0.3, -0.25) is 14.4 Å². The molecule has 2 N–H and O–H groups in total. The van der Waals surface area contributed by atoms with Gasteiger partial charge in [-0.05, 0) is 25.3 Å². The van der Waals surface area contributed by atoms with Crippen molar-refractivity contribution in [3.8, 4) is 5.75 Å². The van der Waals surface area contributed by atoms with Crippen molar-refractivity contribution >= 4 is 34.5 Å². The van der Waals surface area contributed by atoms with Crippen LogP contribution in [0.2, 0.25) is 0 Å². The number of alkyl halides is 3. The van der Waals surface area contributed by atoms with Crippen LogP contribution in [0, 0.1) is 6.92 Å². The molecule has 16 nitrogen and oxygen atoms in total. The summed E-state index contributed by atoms with van der Waals surface area (Å²) in [5.74, 6) is -2.34. The Bertz CT molecular complexity index is 1970. The molecule has 0 aliphatic carbocycles. The first kappa shape index (κ1) is 32.5. The summed E-state index contributed by atoms with van der Waals surface area (Å²) in [4.78, 5) is 62.9. The smallest absolute Gasteiger partial charge is 0.451 e. The highest BCUT2D eigenvalue weighted by atomic mass is 19.4. The van der Waals surface area contributed by atoms with Gasteiger partial charge in [0.2, 0.25) is 17.5 Å². The molecule has 1 fully saturated rings. The molecular weight excluding hydrogens is 639 g/mol. The summed E-state index contributed by atoms with van der Waals surface area (Å²) in [5.41, 5.74) is 1.14. The Labute approximate surface area is 269 Å². The first-order chi connectivity index (χ1) is 23.0. The normalized spacial score (nSPS) is 15.5. The third kappa shape index (κ3) is 6.27. The highest BCUT2D eigenvalue weighted by Gasteiger charge is 2.34. The van der Waals surface area contributed by atoms with Gasteiger partial charge in [0.05, 0.1) is 42.7 Å². The maximum absolute atomic E-state index is 14.1. The molecule has 2 aliphatic heterocycles. The number of fused-ring (bicyclic) bond motifs is 1. The third-order valence-corrected chi connectivity index (χ3v) is 7.99. The molecule has 19 heteroatoms. The molecule has 0 radical (unpaired) electrons. The van der Waals surface area contributed by atoms with Gasteiger partial charge < -0.3 is 29.5 Å². The number of hydrogen-bond acceptors (Lipinski definition) is 12. The van der Waals surface area contributed by atoms with E-state index in [9.17, 15) is 32.7 Å². The van der Waals surface area contributed by atoms with Crippen LogP contribution < -0.4 is 15.8 Å². The number of rotatable bonds is 7. The summed E-state index contributed by atoms with van der Waals surface area (Å²) in [6, 6.07) is 0. The van der Waals surface area contributed by atoms with Crippen molar-refractivity contribution in [1.29, 1.82) is 0 Å².